The highest BCUT2D eigenvalue weighted by atomic mass is 32.2. The van der Waals surface area contributed by atoms with E-state index in [-0.39, 0.29) is 5.41 Å². The van der Waals surface area contributed by atoms with Crippen LogP contribution in [-0.4, -0.2) is 18.4 Å². The summed E-state index contributed by atoms with van der Waals surface area (Å²) >= 11 is 3.80. The van der Waals surface area contributed by atoms with Crippen LogP contribution in [0.5, 0.6) is 0 Å². The van der Waals surface area contributed by atoms with Crippen molar-refractivity contribution in [2.75, 3.05) is 0 Å². The van der Waals surface area contributed by atoms with E-state index in [2.05, 4.69) is 117 Å². The molecule has 6 aromatic rings. The van der Waals surface area contributed by atoms with Gasteiger partial charge in [-0.3, -0.25) is 4.99 Å². The number of benzene rings is 6. The van der Waals surface area contributed by atoms with Gasteiger partial charge in [0.25, 0.3) is 0 Å². The zero-order chi connectivity index (χ0) is 32.7. The van der Waals surface area contributed by atoms with Gasteiger partial charge in [0.1, 0.15) is 0 Å². The van der Waals surface area contributed by atoms with Gasteiger partial charge in [0.15, 0.2) is 11.7 Å². The van der Waals surface area contributed by atoms with Crippen LogP contribution in [0.15, 0.2) is 174 Å². The van der Waals surface area contributed by atoms with Crippen molar-refractivity contribution in [2.24, 2.45) is 15.0 Å². The lowest BCUT2D eigenvalue weighted by Gasteiger charge is -2.28. The molecular weight excluding hydrogens is 623 g/mol. The molecule has 1 aliphatic carbocycles. The molecule has 0 bridgehead atoms. The highest BCUT2D eigenvalue weighted by Gasteiger charge is 2.39. The highest BCUT2D eigenvalue weighted by molar-refractivity contribution is 8.05. The summed E-state index contributed by atoms with van der Waals surface area (Å²) in [6.07, 6.45) is 0. The Morgan fingerprint density at radius 1 is 0.604 bits per heavy atom. The summed E-state index contributed by atoms with van der Waals surface area (Å²) in [6, 6.07) is 49.1. The molecule has 0 spiro atoms. The molecule has 8 rings (SSSR count). The Balaban J connectivity index is 1.18. The van der Waals surface area contributed by atoms with Gasteiger partial charge in [0, 0.05) is 36.1 Å². The third-order valence-corrected chi connectivity index (χ3v) is 11.7. The molecule has 0 saturated carbocycles. The predicted molar refractivity (Wildman–Crippen MR) is 203 cm³/mol. The van der Waals surface area contributed by atoms with E-state index in [1.807, 2.05) is 72.1 Å². The minimum atomic E-state index is -0.143. The maximum Gasteiger partial charge on any atom is 0.161 e. The quantitative estimate of drug-likeness (QED) is 0.137. The van der Waals surface area contributed by atoms with Gasteiger partial charge in [-0.15, -0.1) is 0 Å². The molecule has 0 aromatic heterocycles. The topological polar surface area (TPSA) is 37.1 Å². The Kier molecular flexibility index (Phi) is 7.95. The SMILES string of the molecule is C=NC(=NC(=NCc1ccccc1)c1cccc(-c2ccc3c(c2)C(C)(C)c2c-3ccc3c2Sc2ccccc2S3)c1)c1ccccc1. The molecule has 3 nitrogen and oxygen atoms in total. The molecule has 5 heteroatoms. The Morgan fingerprint density at radius 2 is 1.27 bits per heavy atom. The van der Waals surface area contributed by atoms with Crippen LogP contribution in [0.25, 0.3) is 22.3 Å². The Morgan fingerprint density at radius 3 is 2.04 bits per heavy atom. The molecular formula is C43H33N3S2. The van der Waals surface area contributed by atoms with E-state index in [9.17, 15) is 0 Å². The molecule has 2 aliphatic rings. The third-order valence-electron chi connectivity index (χ3n) is 9.11. The Hall–Kier alpha value is -4.97. The zero-order valence-electron chi connectivity index (χ0n) is 26.9. The van der Waals surface area contributed by atoms with Crippen molar-refractivity contribution in [3.05, 3.63) is 167 Å². The van der Waals surface area contributed by atoms with Gasteiger partial charge in [0.05, 0.1) is 6.54 Å². The van der Waals surface area contributed by atoms with E-state index in [1.165, 1.54) is 47.4 Å². The first-order chi connectivity index (χ1) is 23.5. The lowest BCUT2D eigenvalue weighted by atomic mass is 9.81. The van der Waals surface area contributed by atoms with Crippen molar-refractivity contribution >= 4 is 41.9 Å². The summed E-state index contributed by atoms with van der Waals surface area (Å²) in [5, 5.41) is 0. The molecule has 0 radical (unpaired) electrons. The Bertz CT molecular complexity index is 2250. The van der Waals surface area contributed by atoms with Gasteiger partial charge in [-0.2, -0.15) is 0 Å². The maximum absolute atomic E-state index is 5.01. The van der Waals surface area contributed by atoms with Crippen LogP contribution in [0, 0.1) is 0 Å². The highest BCUT2D eigenvalue weighted by Crippen LogP contribution is 2.58. The first-order valence-corrected chi connectivity index (χ1v) is 17.7. The van der Waals surface area contributed by atoms with Gasteiger partial charge in [-0.1, -0.05) is 147 Å². The summed E-state index contributed by atoms with van der Waals surface area (Å²) in [5.74, 6) is 1.18. The largest absolute Gasteiger partial charge is 0.261 e. The van der Waals surface area contributed by atoms with Crippen molar-refractivity contribution in [3.63, 3.8) is 0 Å². The minimum absolute atomic E-state index is 0.143. The fourth-order valence-electron chi connectivity index (χ4n) is 6.71. The number of fused-ring (bicyclic) bond motifs is 6. The van der Waals surface area contributed by atoms with Gasteiger partial charge >= 0.3 is 0 Å². The lowest BCUT2D eigenvalue weighted by molar-refractivity contribution is 0.642. The third kappa shape index (κ3) is 5.53. The molecule has 0 atom stereocenters. The second-order valence-corrected chi connectivity index (χ2v) is 14.7. The maximum atomic E-state index is 5.01. The molecule has 232 valence electrons. The average Bonchev–Trinajstić information content (AvgIpc) is 3.37. The van der Waals surface area contributed by atoms with Crippen molar-refractivity contribution in [1.82, 2.24) is 0 Å². The molecule has 0 N–H and O–H groups in total. The van der Waals surface area contributed by atoms with E-state index < -0.39 is 0 Å². The van der Waals surface area contributed by atoms with Crippen LogP contribution in [0.4, 0.5) is 0 Å². The van der Waals surface area contributed by atoms with E-state index in [0.29, 0.717) is 18.2 Å². The molecule has 0 fully saturated rings. The number of nitrogens with zero attached hydrogens (tertiary/aromatic N) is 3. The number of aliphatic imine (C=N–C) groups is 3. The molecule has 1 heterocycles. The van der Waals surface area contributed by atoms with Crippen LogP contribution in [-0.2, 0) is 12.0 Å². The summed E-state index contributed by atoms with van der Waals surface area (Å²) in [5.41, 5.74) is 10.6. The number of hydrogen-bond acceptors (Lipinski definition) is 3. The van der Waals surface area contributed by atoms with E-state index in [1.54, 1.807) is 0 Å². The predicted octanol–water partition coefficient (Wildman–Crippen LogP) is 11.4. The molecule has 0 saturated heterocycles. The van der Waals surface area contributed by atoms with Crippen molar-refractivity contribution in [3.8, 4) is 22.3 Å². The van der Waals surface area contributed by atoms with E-state index in [0.717, 1.165) is 22.3 Å². The van der Waals surface area contributed by atoms with E-state index >= 15 is 0 Å². The first kappa shape index (κ1) is 30.4. The lowest BCUT2D eigenvalue weighted by Crippen LogP contribution is -2.17. The second kappa shape index (κ2) is 12.6. The van der Waals surface area contributed by atoms with Gasteiger partial charge < -0.3 is 0 Å². The Labute approximate surface area is 290 Å². The fraction of sp³-hybridized carbons (Fsp3) is 0.0930. The summed E-state index contributed by atoms with van der Waals surface area (Å²) in [6.45, 7) is 9.09. The minimum Gasteiger partial charge on any atom is -0.261 e. The van der Waals surface area contributed by atoms with Crippen molar-refractivity contribution in [2.45, 2.75) is 45.4 Å². The van der Waals surface area contributed by atoms with Crippen molar-refractivity contribution in [1.29, 1.82) is 0 Å². The normalized spacial score (nSPS) is 14.5. The van der Waals surface area contributed by atoms with Gasteiger partial charge in [-0.25, -0.2) is 9.98 Å². The average molecular weight is 656 g/mol. The van der Waals surface area contributed by atoms with Crippen LogP contribution < -0.4 is 0 Å². The smallest absolute Gasteiger partial charge is 0.161 e. The molecule has 6 aromatic carbocycles. The molecule has 1 aliphatic heterocycles. The summed E-state index contributed by atoms with van der Waals surface area (Å²) in [4.78, 5) is 19.7. The van der Waals surface area contributed by atoms with Crippen LogP contribution >= 0.6 is 23.5 Å². The van der Waals surface area contributed by atoms with E-state index in [4.69, 9.17) is 9.98 Å². The fourth-order valence-corrected chi connectivity index (χ4v) is 9.26. The van der Waals surface area contributed by atoms with Crippen molar-refractivity contribution < 1.29 is 0 Å². The summed E-state index contributed by atoms with van der Waals surface area (Å²) < 4.78 is 0. The number of hydrogen-bond donors (Lipinski definition) is 0. The standard InChI is InChI=1S/C43H33N3S2/c1-43(2)35-26-31(21-22-33(35)34-23-24-38-40(39(34)43)48-37-20-11-10-19-36(37)47-38)30-17-12-18-32(25-30)42(45-27-28-13-6-4-7-14-28)46-41(44-3)29-15-8-5-9-16-29/h4-26H,3,27H2,1-2H3. The first-order valence-electron chi connectivity index (χ1n) is 16.1. The molecule has 0 amide bonds. The second-order valence-electron chi connectivity index (χ2n) is 12.5. The number of amidine groups is 2. The molecule has 0 unspecified atom stereocenters. The zero-order valence-corrected chi connectivity index (χ0v) is 28.5. The van der Waals surface area contributed by atoms with Gasteiger partial charge in [0.2, 0.25) is 0 Å². The van der Waals surface area contributed by atoms with Crippen LogP contribution in [0.2, 0.25) is 0 Å². The monoisotopic (exact) mass is 655 g/mol. The van der Waals surface area contributed by atoms with Gasteiger partial charge in [-0.05, 0) is 76.0 Å². The number of rotatable bonds is 5. The van der Waals surface area contributed by atoms with Crippen LogP contribution in [0.3, 0.4) is 0 Å². The molecule has 48 heavy (non-hydrogen) atoms. The summed E-state index contributed by atoms with van der Waals surface area (Å²) in [7, 11) is 0. The van der Waals surface area contributed by atoms with Crippen LogP contribution in [0.1, 0.15) is 41.7 Å².